The normalized spacial score (nSPS) is 12.0. The van der Waals surface area contributed by atoms with Crippen LogP contribution in [0.25, 0.3) is 0 Å². The van der Waals surface area contributed by atoms with Gasteiger partial charge in [0, 0.05) is 5.56 Å². The second-order valence-electron chi connectivity index (χ2n) is 4.89. The zero-order chi connectivity index (χ0) is 15.1. The Labute approximate surface area is 126 Å². The van der Waals surface area contributed by atoms with E-state index in [-0.39, 0.29) is 6.04 Å². The number of hydrogen-bond acceptors (Lipinski definition) is 3. The summed E-state index contributed by atoms with van der Waals surface area (Å²) in [5.74, 6) is 1.69. The van der Waals surface area contributed by atoms with Gasteiger partial charge in [0.15, 0.2) is 0 Å². The maximum Gasteiger partial charge on any atom is 0.124 e. The van der Waals surface area contributed by atoms with Gasteiger partial charge in [-0.2, -0.15) is 0 Å². The van der Waals surface area contributed by atoms with Gasteiger partial charge in [0.2, 0.25) is 0 Å². The zero-order valence-corrected chi connectivity index (χ0v) is 12.7. The standard InChI is InChI=1S/C18H23NO2/c1-3-14-8-7-9-15(12-14)21-13-17(19)16-10-5-6-11-18(16)20-4-2/h5-12,17H,3-4,13,19H2,1-2H3. The Morgan fingerprint density at radius 3 is 2.57 bits per heavy atom. The lowest BCUT2D eigenvalue weighted by atomic mass is 10.1. The minimum Gasteiger partial charge on any atom is -0.494 e. The van der Waals surface area contributed by atoms with Gasteiger partial charge >= 0.3 is 0 Å². The molecular weight excluding hydrogens is 262 g/mol. The molecule has 112 valence electrons. The van der Waals surface area contributed by atoms with Crippen LogP contribution >= 0.6 is 0 Å². The Bertz CT molecular complexity index is 569. The van der Waals surface area contributed by atoms with Gasteiger partial charge in [-0.3, -0.25) is 0 Å². The van der Waals surface area contributed by atoms with Crippen molar-refractivity contribution in [3.05, 3.63) is 59.7 Å². The van der Waals surface area contributed by atoms with Crippen LogP contribution in [0.3, 0.4) is 0 Å². The second kappa shape index (κ2) is 7.70. The summed E-state index contributed by atoms with van der Waals surface area (Å²) >= 11 is 0. The van der Waals surface area contributed by atoms with Crippen LogP contribution in [0.2, 0.25) is 0 Å². The molecule has 0 heterocycles. The first-order valence-corrected chi connectivity index (χ1v) is 7.43. The lowest BCUT2D eigenvalue weighted by Crippen LogP contribution is -2.20. The predicted octanol–water partition coefficient (Wildman–Crippen LogP) is 3.73. The van der Waals surface area contributed by atoms with Crippen molar-refractivity contribution in [2.75, 3.05) is 13.2 Å². The molecule has 0 fully saturated rings. The van der Waals surface area contributed by atoms with E-state index in [4.69, 9.17) is 15.2 Å². The summed E-state index contributed by atoms with van der Waals surface area (Å²) < 4.78 is 11.4. The van der Waals surface area contributed by atoms with Crippen LogP contribution in [0, 0.1) is 0 Å². The third-order valence-electron chi connectivity index (χ3n) is 3.35. The molecule has 0 saturated heterocycles. The largest absolute Gasteiger partial charge is 0.494 e. The summed E-state index contributed by atoms with van der Waals surface area (Å²) in [6, 6.07) is 15.8. The lowest BCUT2D eigenvalue weighted by molar-refractivity contribution is 0.281. The van der Waals surface area contributed by atoms with Crippen molar-refractivity contribution in [1.82, 2.24) is 0 Å². The molecule has 0 aliphatic heterocycles. The van der Waals surface area contributed by atoms with Crippen molar-refractivity contribution in [2.24, 2.45) is 5.73 Å². The lowest BCUT2D eigenvalue weighted by Gasteiger charge is -2.17. The van der Waals surface area contributed by atoms with Gasteiger partial charge in [-0.15, -0.1) is 0 Å². The SMILES string of the molecule is CCOc1ccccc1C(N)COc1cccc(CC)c1. The fourth-order valence-electron chi connectivity index (χ4n) is 2.20. The first-order valence-electron chi connectivity index (χ1n) is 7.43. The third kappa shape index (κ3) is 4.23. The Morgan fingerprint density at radius 1 is 1.00 bits per heavy atom. The van der Waals surface area contributed by atoms with Gasteiger partial charge in [0.1, 0.15) is 18.1 Å². The number of para-hydroxylation sites is 1. The summed E-state index contributed by atoms with van der Waals surface area (Å²) in [5.41, 5.74) is 8.48. The van der Waals surface area contributed by atoms with Crippen LogP contribution in [0.5, 0.6) is 11.5 Å². The minimum atomic E-state index is -0.210. The Hall–Kier alpha value is -2.00. The van der Waals surface area contributed by atoms with Gasteiger partial charge in [-0.25, -0.2) is 0 Å². The van der Waals surface area contributed by atoms with Gasteiger partial charge in [0.25, 0.3) is 0 Å². The van der Waals surface area contributed by atoms with Gasteiger partial charge in [-0.05, 0) is 37.1 Å². The molecular formula is C18H23NO2. The first-order chi connectivity index (χ1) is 10.2. The zero-order valence-electron chi connectivity index (χ0n) is 12.7. The molecule has 2 rings (SSSR count). The Morgan fingerprint density at radius 2 is 1.81 bits per heavy atom. The van der Waals surface area contributed by atoms with Crippen molar-refractivity contribution in [3.63, 3.8) is 0 Å². The van der Waals surface area contributed by atoms with Crippen molar-refractivity contribution < 1.29 is 9.47 Å². The fourth-order valence-corrected chi connectivity index (χ4v) is 2.20. The molecule has 0 bridgehead atoms. The maximum absolute atomic E-state index is 6.24. The van der Waals surface area contributed by atoms with E-state index < -0.39 is 0 Å². The van der Waals surface area contributed by atoms with E-state index in [9.17, 15) is 0 Å². The number of rotatable bonds is 7. The third-order valence-corrected chi connectivity index (χ3v) is 3.35. The molecule has 0 aliphatic carbocycles. The van der Waals surface area contributed by atoms with E-state index in [1.54, 1.807) is 0 Å². The van der Waals surface area contributed by atoms with Gasteiger partial charge in [-0.1, -0.05) is 37.3 Å². The molecule has 0 aliphatic rings. The van der Waals surface area contributed by atoms with Crippen LogP contribution in [0.1, 0.15) is 31.0 Å². The summed E-state index contributed by atoms with van der Waals surface area (Å²) in [6.07, 6.45) is 0.996. The summed E-state index contributed by atoms with van der Waals surface area (Å²) in [6.45, 7) is 5.15. The number of benzene rings is 2. The van der Waals surface area contributed by atoms with Gasteiger partial charge in [0.05, 0.1) is 12.6 Å². The molecule has 2 aromatic rings. The van der Waals surface area contributed by atoms with Crippen molar-refractivity contribution >= 4 is 0 Å². The molecule has 0 aromatic heterocycles. The van der Waals surface area contributed by atoms with Crippen LogP contribution < -0.4 is 15.2 Å². The number of ether oxygens (including phenoxy) is 2. The quantitative estimate of drug-likeness (QED) is 0.843. The number of aryl methyl sites for hydroxylation is 1. The fraction of sp³-hybridized carbons (Fsp3) is 0.333. The van der Waals surface area contributed by atoms with E-state index in [0.29, 0.717) is 13.2 Å². The van der Waals surface area contributed by atoms with Crippen LogP contribution in [0.4, 0.5) is 0 Å². The molecule has 2 N–H and O–H groups in total. The summed E-state index contributed by atoms with van der Waals surface area (Å²) in [5, 5.41) is 0. The van der Waals surface area contributed by atoms with Crippen LogP contribution in [-0.4, -0.2) is 13.2 Å². The average Bonchev–Trinajstić information content (AvgIpc) is 2.53. The average molecular weight is 285 g/mol. The molecule has 0 spiro atoms. The molecule has 0 amide bonds. The van der Waals surface area contributed by atoms with Crippen LogP contribution in [0.15, 0.2) is 48.5 Å². The smallest absolute Gasteiger partial charge is 0.124 e. The van der Waals surface area contributed by atoms with E-state index in [1.165, 1.54) is 5.56 Å². The molecule has 0 saturated carbocycles. The molecule has 3 heteroatoms. The summed E-state index contributed by atoms with van der Waals surface area (Å²) in [7, 11) is 0. The molecule has 1 atom stereocenters. The van der Waals surface area contributed by atoms with Crippen molar-refractivity contribution in [2.45, 2.75) is 26.3 Å². The molecule has 1 unspecified atom stereocenters. The molecule has 3 nitrogen and oxygen atoms in total. The highest BCUT2D eigenvalue weighted by Crippen LogP contribution is 2.24. The maximum atomic E-state index is 6.24. The Balaban J connectivity index is 2.02. The highest BCUT2D eigenvalue weighted by atomic mass is 16.5. The number of nitrogens with two attached hydrogens (primary N) is 1. The van der Waals surface area contributed by atoms with Crippen molar-refractivity contribution in [1.29, 1.82) is 0 Å². The predicted molar refractivity (Wildman–Crippen MR) is 85.9 cm³/mol. The highest BCUT2D eigenvalue weighted by molar-refractivity contribution is 5.36. The molecule has 0 radical (unpaired) electrons. The minimum absolute atomic E-state index is 0.210. The summed E-state index contributed by atoms with van der Waals surface area (Å²) in [4.78, 5) is 0. The van der Waals surface area contributed by atoms with Crippen molar-refractivity contribution in [3.8, 4) is 11.5 Å². The van der Waals surface area contributed by atoms with Gasteiger partial charge < -0.3 is 15.2 Å². The highest BCUT2D eigenvalue weighted by Gasteiger charge is 2.12. The second-order valence-corrected chi connectivity index (χ2v) is 4.89. The monoisotopic (exact) mass is 285 g/mol. The van der Waals surface area contributed by atoms with E-state index in [0.717, 1.165) is 23.5 Å². The molecule has 2 aromatic carbocycles. The van der Waals surface area contributed by atoms with E-state index in [2.05, 4.69) is 19.1 Å². The topological polar surface area (TPSA) is 44.5 Å². The first kappa shape index (κ1) is 15.4. The van der Waals surface area contributed by atoms with E-state index >= 15 is 0 Å². The van der Waals surface area contributed by atoms with Crippen LogP contribution in [-0.2, 0) is 6.42 Å². The number of hydrogen-bond donors (Lipinski definition) is 1. The Kier molecular flexibility index (Phi) is 5.64. The van der Waals surface area contributed by atoms with E-state index in [1.807, 2.05) is 43.3 Å². The molecule has 21 heavy (non-hydrogen) atoms.